The zero-order valence-electron chi connectivity index (χ0n) is 12.0. The van der Waals surface area contributed by atoms with E-state index >= 15 is 0 Å². The Morgan fingerprint density at radius 1 is 1.60 bits per heavy atom. The Labute approximate surface area is 123 Å². The molecule has 114 valence electrons. The van der Waals surface area contributed by atoms with Crippen LogP contribution in [0.5, 0.6) is 0 Å². The summed E-state index contributed by atoms with van der Waals surface area (Å²) >= 11 is 1.87. The lowest BCUT2D eigenvalue weighted by molar-refractivity contribution is -0.137. The van der Waals surface area contributed by atoms with Gasteiger partial charge < -0.3 is 15.3 Å². The number of hydrogen-bond donors (Lipinski definition) is 3. The van der Waals surface area contributed by atoms with Gasteiger partial charge in [-0.15, -0.1) is 0 Å². The Kier molecular flexibility index (Phi) is 4.80. The van der Waals surface area contributed by atoms with Crippen LogP contribution < -0.4 is 10.6 Å². The molecule has 0 unspecified atom stereocenters. The first-order valence-corrected chi connectivity index (χ1v) is 8.20. The second-order valence-electron chi connectivity index (χ2n) is 5.37. The van der Waals surface area contributed by atoms with Crippen molar-refractivity contribution in [3.63, 3.8) is 0 Å². The predicted molar refractivity (Wildman–Crippen MR) is 78.8 cm³/mol. The van der Waals surface area contributed by atoms with Crippen LogP contribution >= 0.6 is 11.8 Å². The average molecular weight is 301 g/mol. The smallest absolute Gasteiger partial charge is 0.319 e. The maximum absolute atomic E-state index is 12.0. The maximum atomic E-state index is 12.0. The molecule has 0 aliphatic carbocycles. The monoisotopic (exact) mass is 301 g/mol. The van der Waals surface area contributed by atoms with E-state index in [1.807, 2.05) is 30.6 Å². The maximum Gasteiger partial charge on any atom is 0.319 e. The zero-order valence-corrected chi connectivity index (χ0v) is 12.8. The van der Waals surface area contributed by atoms with E-state index in [9.17, 15) is 9.59 Å². The van der Waals surface area contributed by atoms with Crippen LogP contribution in [-0.2, 0) is 4.79 Å². The van der Waals surface area contributed by atoms with Crippen molar-refractivity contribution < 1.29 is 14.7 Å². The Balaban J connectivity index is 1.97. The first-order chi connectivity index (χ1) is 9.54. The topological polar surface area (TPSA) is 81.7 Å². The van der Waals surface area contributed by atoms with Gasteiger partial charge >= 0.3 is 12.0 Å². The molecule has 0 aromatic heterocycles. The average Bonchev–Trinajstić information content (AvgIpc) is 2.88. The summed E-state index contributed by atoms with van der Waals surface area (Å²) in [6.07, 6.45) is 2.79. The Morgan fingerprint density at radius 2 is 2.35 bits per heavy atom. The van der Waals surface area contributed by atoms with Gasteiger partial charge in [0.15, 0.2) is 0 Å². The van der Waals surface area contributed by atoms with Crippen LogP contribution in [0.15, 0.2) is 0 Å². The molecule has 2 heterocycles. The fraction of sp³-hybridized carbons (Fsp3) is 0.846. The van der Waals surface area contributed by atoms with E-state index in [-0.39, 0.29) is 24.2 Å². The van der Waals surface area contributed by atoms with Crippen molar-refractivity contribution in [2.45, 2.75) is 49.6 Å². The molecular formula is C13H23N3O3S. The number of carboxylic acids is 1. The van der Waals surface area contributed by atoms with Gasteiger partial charge in [0.2, 0.25) is 0 Å². The lowest BCUT2D eigenvalue weighted by Gasteiger charge is -2.32. The van der Waals surface area contributed by atoms with Crippen LogP contribution in [-0.4, -0.2) is 58.3 Å². The molecular weight excluding hydrogens is 278 g/mol. The van der Waals surface area contributed by atoms with Gasteiger partial charge in [-0.3, -0.25) is 10.1 Å². The molecule has 3 atom stereocenters. The zero-order chi connectivity index (χ0) is 14.8. The number of fused-ring (bicyclic) bond motifs is 1. The van der Waals surface area contributed by atoms with Crippen LogP contribution in [0.2, 0.25) is 0 Å². The van der Waals surface area contributed by atoms with Gasteiger partial charge in [-0.25, -0.2) is 4.79 Å². The summed E-state index contributed by atoms with van der Waals surface area (Å²) in [5.74, 6) is 0.126. The summed E-state index contributed by atoms with van der Waals surface area (Å²) in [4.78, 5) is 24.5. The number of urea groups is 1. The minimum atomic E-state index is -0.735. The molecule has 20 heavy (non-hydrogen) atoms. The third-order valence-electron chi connectivity index (χ3n) is 4.22. The second kappa shape index (κ2) is 6.22. The van der Waals surface area contributed by atoms with E-state index in [1.165, 1.54) is 0 Å². The van der Waals surface area contributed by atoms with Crippen LogP contribution in [0, 0.1) is 0 Å². The highest BCUT2D eigenvalue weighted by Crippen LogP contribution is 2.42. The number of carbonyl (C=O) groups excluding carboxylic acids is 1. The first kappa shape index (κ1) is 15.4. The molecule has 2 rings (SSSR count). The number of nitrogens with one attached hydrogen (secondary N) is 2. The lowest BCUT2D eigenvalue weighted by atomic mass is 9.96. The molecule has 2 fully saturated rings. The molecule has 2 saturated heterocycles. The number of thioether (sulfide) groups is 1. The molecule has 0 spiro atoms. The number of amides is 2. The molecule has 6 nitrogen and oxygen atoms in total. The molecule has 0 bridgehead atoms. The molecule has 7 heteroatoms. The lowest BCUT2D eigenvalue weighted by Crippen LogP contribution is -2.60. The van der Waals surface area contributed by atoms with Crippen molar-refractivity contribution in [3.8, 4) is 0 Å². The molecule has 0 aromatic rings. The number of aliphatic carboxylic acids is 1. The van der Waals surface area contributed by atoms with Crippen molar-refractivity contribution >= 4 is 23.8 Å². The number of rotatable bonds is 7. The van der Waals surface area contributed by atoms with Gasteiger partial charge in [-0.1, -0.05) is 6.42 Å². The fourth-order valence-corrected chi connectivity index (χ4v) is 4.94. The van der Waals surface area contributed by atoms with Gasteiger partial charge in [0.25, 0.3) is 0 Å². The molecule has 3 N–H and O–H groups in total. The van der Waals surface area contributed by atoms with E-state index in [2.05, 4.69) is 10.6 Å². The third kappa shape index (κ3) is 2.74. The molecule has 2 aliphatic heterocycles. The van der Waals surface area contributed by atoms with Gasteiger partial charge in [0, 0.05) is 24.0 Å². The standard InChI is InChI=1S/C13H23N3O3S/c1-3-16-11-9(6-4-5-7-10(17)18)20-8-13(11,14-2)15-12(16)19/h9,11,14H,3-8H2,1-2H3,(H,15,19)(H,17,18)/t9-,11+,13-/m0/s1. The number of hydrogen-bond acceptors (Lipinski definition) is 4. The van der Waals surface area contributed by atoms with Gasteiger partial charge in [-0.05, 0) is 26.8 Å². The molecule has 0 saturated carbocycles. The number of carboxylic acid groups (broad SMARTS) is 1. The van der Waals surface area contributed by atoms with Crippen molar-refractivity contribution in [2.24, 2.45) is 0 Å². The van der Waals surface area contributed by atoms with E-state index in [0.29, 0.717) is 18.2 Å². The number of carbonyl (C=O) groups is 2. The van der Waals surface area contributed by atoms with Gasteiger partial charge in [-0.2, -0.15) is 11.8 Å². The highest BCUT2D eigenvalue weighted by Gasteiger charge is 2.57. The highest BCUT2D eigenvalue weighted by atomic mass is 32.2. The summed E-state index contributed by atoms with van der Waals surface area (Å²) in [7, 11) is 1.89. The largest absolute Gasteiger partial charge is 0.481 e. The van der Waals surface area contributed by atoms with Gasteiger partial charge in [0.05, 0.1) is 6.04 Å². The number of unbranched alkanes of at least 4 members (excludes halogenated alkanes) is 1. The number of likely N-dealkylation sites (N-methyl/N-ethyl adjacent to an activating group) is 2. The SMILES string of the molecule is CCN1C(=O)N[C@@]2(NC)CS[C@@H](CCCCC(=O)O)[C@@H]12. The predicted octanol–water partition coefficient (Wildman–Crippen LogP) is 1.08. The highest BCUT2D eigenvalue weighted by molar-refractivity contribution is 8.00. The Bertz CT molecular complexity index is 393. The van der Waals surface area contributed by atoms with E-state index in [1.54, 1.807) is 0 Å². The third-order valence-corrected chi connectivity index (χ3v) is 5.77. The molecule has 0 aromatic carbocycles. The Morgan fingerprint density at radius 3 is 2.95 bits per heavy atom. The van der Waals surface area contributed by atoms with Crippen LogP contribution in [0.3, 0.4) is 0 Å². The van der Waals surface area contributed by atoms with Crippen LogP contribution in [0.4, 0.5) is 4.79 Å². The van der Waals surface area contributed by atoms with Crippen molar-refractivity contribution in [3.05, 3.63) is 0 Å². The molecule has 2 aliphatic rings. The second-order valence-corrected chi connectivity index (χ2v) is 6.60. The van der Waals surface area contributed by atoms with E-state index in [4.69, 9.17) is 5.11 Å². The normalized spacial score (nSPS) is 32.3. The summed E-state index contributed by atoms with van der Waals surface area (Å²) in [5, 5.41) is 15.4. The van der Waals surface area contributed by atoms with Crippen molar-refractivity contribution in [2.75, 3.05) is 19.3 Å². The van der Waals surface area contributed by atoms with Crippen LogP contribution in [0.1, 0.15) is 32.6 Å². The summed E-state index contributed by atoms with van der Waals surface area (Å²) in [5.41, 5.74) is -0.324. The van der Waals surface area contributed by atoms with E-state index in [0.717, 1.165) is 18.6 Å². The fourth-order valence-electron chi connectivity index (χ4n) is 3.18. The minimum Gasteiger partial charge on any atom is -0.481 e. The van der Waals surface area contributed by atoms with E-state index < -0.39 is 5.97 Å². The first-order valence-electron chi connectivity index (χ1n) is 7.15. The van der Waals surface area contributed by atoms with Crippen molar-refractivity contribution in [1.82, 2.24) is 15.5 Å². The Hall–Kier alpha value is -0.950. The molecule has 2 amide bonds. The van der Waals surface area contributed by atoms with Crippen LogP contribution in [0.25, 0.3) is 0 Å². The summed E-state index contributed by atoms with van der Waals surface area (Å²) < 4.78 is 0. The molecule has 0 radical (unpaired) electrons. The summed E-state index contributed by atoms with van der Waals surface area (Å²) in [6, 6.07) is 0.155. The summed E-state index contributed by atoms with van der Waals surface area (Å²) in [6.45, 7) is 2.70. The van der Waals surface area contributed by atoms with Crippen molar-refractivity contribution in [1.29, 1.82) is 0 Å². The number of nitrogens with zero attached hydrogens (tertiary/aromatic N) is 1. The van der Waals surface area contributed by atoms with Gasteiger partial charge in [0.1, 0.15) is 5.66 Å². The quantitative estimate of drug-likeness (QED) is 0.484. The minimum absolute atomic E-state index is 0.00249.